The Morgan fingerprint density at radius 3 is 2.78 bits per heavy atom. The van der Waals surface area contributed by atoms with Gasteiger partial charge in [0.05, 0.1) is 0 Å². The highest BCUT2D eigenvalue weighted by Crippen LogP contribution is 2.51. The van der Waals surface area contributed by atoms with Crippen LogP contribution in [0.4, 0.5) is 0 Å². The fraction of sp³-hybridized carbons (Fsp3) is 1.00. The minimum Gasteiger partial charge on any atom is -0.313 e. The molecule has 1 aliphatic heterocycles. The predicted octanol–water partition coefficient (Wildman–Crippen LogP) is 1.00. The summed E-state index contributed by atoms with van der Waals surface area (Å²) in [5.74, 6) is 3.32. The summed E-state index contributed by atoms with van der Waals surface area (Å²) in [5, 5.41) is 3.61. The van der Waals surface area contributed by atoms with Crippen LogP contribution in [0.1, 0.15) is 19.3 Å². The minimum absolute atomic E-state index is 0.953. The van der Waals surface area contributed by atoms with E-state index >= 15 is 0 Å². The summed E-state index contributed by atoms with van der Waals surface area (Å²) in [5.41, 5.74) is 0. The minimum atomic E-state index is 0.953. The van der Waals surface area contributed by atoms with E-state index in [9.17, 15) is 0 Å². The second kappa shape index (κ2) is 1.34. The molecule has 4 atom stereocenters. The zero-order valence-electron chi connectivity index (χ0n) is 5.64. The van der Waals surface area contributed by atoms with Crippen molar-refractivity contribution >= 4 is 0 Å². The lowest BCUT2D eigenvalue weighted by Gasteiger charge is -2.15. The number of hydrogen-bond acceptors (Lipinski definition) is 1. The van der Waals surface area contributed by atoms with Crippen molar-refractivity contribution < 1.29 is 0 Å². The molecular weight excluding hydrogens is 110 g/mol. The van der Waals surface area contributed by atoms with Crippen LogP contribution in [0.3, 0.4) is 0 Å². The lowest BCUT2D eigenvalue weighted by atomic mass is 9.90. The molecule has 1 heteroatoms. The van der Waals surface area contributed by atoms with E-state index in [-0.39, 0.29) is 0 Å². The van der Waals surface area contributed by atoms with E-state index < -0.39 is 0 Å². The fourth-order valence-corrected chi connectivity index (χ4v) is 3.27. The van der Waals surface area contributed by atoms with Crippen molar-refractivity contribution in [3.8, 4) is 0 Å². The molecule has 0 radical (unpaired) electrons. The number of fused-ring (bicyclic) bond motifs is 1. The quantitative estimate of drug-likeness (QED) is 0.507. The van der Waals surface area contributed by atoms with E-state index in [4.69, 9.17) is 0 Å². The number of nitrogens with one attached hydrogen (secondary N) is 1. The normalized spacial score (nSPS) is 61.3. The van der Waals surface area contributed by atoms with Gasteiger partial charge in [-0.2, -0.15) is 0 Å². The first kappa shape index (κ1) is 4.73. The zero-order chi connectivity index (χ0) is 5.84. The Labute approximate surface area is 55.8 Å². The van der Waals surface area contributed by atoms with E-state index in [1.807, 2.05) is 0 Å². The third-order valence-corrected chi connectivity index (χ3v) is 3.59. The third kappa shape index (κ3) is 0.454. The van der Waals surface area contributed by atoms with Crippen molar-refractivity contribution in [2.45, 2.75) is 25.3 Å². The molecule has 3 rings (SSSR count). The van der Waals surface area contributed by atoms with Crippen molar-refractivity contribution in [2.24, 2.45) is 17.8 Å². The average Bonchev–Trinajstić information content (AvgIpc) is 2.35. The average molecular weight is 123 g/mol. The monoisotopic (exact) mass is 123 g/mol. The molecule has 1 heterocycles. The first-order chi connectivity index (χ1) is 4.43. The molecule has 9 heavy (non-hydrogen) atoms. The lowest BCUT2D eigenvalue weighted by molar-refractivity contribution is 0.385. The highest BCUT2D eigenvalue weighted by atomic mass is 15.0. The van der Waals surface area contributed by atoms with Crippen LogP contribution < -0.4 is 5.32 Å². The van der Waals surface area contributed by atoms with Gasteiger partial charge in [0.2, 0.25) is 0 Å². The maximum absolute atomic E-state index is 3.61. The predicted molar refractivity (Wildman–Crippen MR) is 36.1 cm³/mol. The Hall–Kier alpha value is -0.0400. The first-order valence-electron chi connectivity index (χ1n) is 4.17. The molecule has 0 aromatic heterocycles. The van der Waals surface area contributed by atoms with Crippen LogP contribution in [0.2, 0.25) is 0 Å². The van der Waals surface area contributed by atoms with Gasteiger partial charge in [0, 0.05) is 6.04 Å². The maximum Gasteiger partial charge on any atom is 0.0101 e. The summed E-state index contributed by atoms with van der Waals surface area (Å²) in [6.07, 6.45) is 4.61. The molecule has 0 amide bonds. The standard InChI is InChI=1S/C8H13N/c1-5-2-7-6(1)4-9-8(7)3-5/h5-9H,1-4H2/t5-,6-,7-,8-/m1/s1. The Kier molecular flexibility index (Phi) is 0.704. The van der Waals surface area contributed by atoms with Crippen molar-refractivity contribution in [1.82, 2.24) is 5.32 Å². The summed E-state index contributed by atoms with van der Waals surface area (Å²) < 4.78 is 0. The summed E-state index contributed by atoms with van der Waals surface area (Å²) in [6.45, 7) is 1.34. The van der Waals surface area contributed by atoms with Gasteiger partial charge < -0.3 is 5.32 Å². The molecule has 0 aromatic carbocycles. The molecule has 1 N–H and O–H groups in total. The molecule has 1 nitrogen and oxygen atoms in total. The SMILES string of the molecule is C1N[C@@H]2C[C@@H]3C[C@H]1[C@H]2C3. The van der Waals surface area contributed by atoms with Gasteiger partial charge in [-0.3, -0.25) is 0 Å². The Morgan fingerprint density at radius 1 is 1.11 bits per heavy atom. The molecule has 1 saturated heterocycles. The van der Waals surface area contributed by atoms with Crippen molar-refractivity contribution in [1.29, 1.82) is 0 Å². The van der Waals surface area contributed by atoms with Crippen molar-refractivity contribution in [2.75, 3.05) is 6.54 Å². The molecular formula is C8H13N. The molecule has 0 aromatic rings. The topological polar surface area (TPSA) is 12.0 Å². The largest absolute Gasteiger partial charge is 0.313 e. The highest BCUT2D eigenvalue weighted by Gasteiger charge is 2.49. The van der Waals surface area contributed by atoms with E-state index in [0.29, 0.717) is 0 Å². The van der Waals surface area contributed by atoms with Crippen molar-refractivity contribution in [3.63, 3.8) is 0 Å². The molecule has 2 bridgehead atoms. The molecule has 3 aliphatic rings. The molecule has 3 fully saturated rings. The lowest BCUT2D eigenvalue weighted by Crippen LogP contribution is -2.23. The van der Waals surface area contributed by atoms with Gasteiger partial charge in [-0.1, -0.05) is 0 Å². The van der Waals surface area contributed by atoms with Gasteiger partial charge in [0.15, 0.2) is 0 Å². The Morgan fingerprint density at radius 2 is 2.11 bits per heavy atom. The number of hydrogen-bond donors (Lipinski definition) is 1. The van der Waals surface area contributed by atoms with Crippen LogP contribution in [0.25, 0.3) is 0 Å². The van der Waals surface area contributed by atoms with E-state index in [2.05, 4.69) is 5.32 Å². The fourth-order valence-electron chi connectivity index (χ4n) is 3.27. The van der Waals surface area contributed by atoms with Crippen LogP contribution >= 0.6 is 0 Å². The summed E-state index contributed by atoms with van der Waals surface area (Å²) in [6, 6.07) is 0.953. The maximum atomic E-state index is 3.61. The Bertz CT molecular complexity index is 127. The van der Waals surface area contributed by atoms with E-state index in [1.54, 1.807) is 12.8 Å². The van der Waals surface area contributed by atoms with Crippen LogP contribution in [-0.2, 0) is 0 Å². The first-order valence-corrected chi connectivity index (χ1v) is 4.17. The van der Waals surface area contributed by atoms with Gasteiger partial charge in [-0.05, 0) is 43.6 Å². The molecule has 2 aliphatic carbocycles. The van der Waals surface area contributed by atoms with Crippen LogP contribution in [0, 0.1) is 17.8 Å². The highest BCUT2D eigenvalue weighted by molar-refractivity contribution is 5.04. The van der Waals surface area contributed by atoms with Gasteiger partial charge in [0.1, 0.15) is 0 Å². The Balaban J connectivity index is 2.02. The molecule has 2 saturated carbocycles. The summed E-state index contributed by atoms with van der Waals surface area (Å²) >= 11 is 0. The summed E-state index contributed by atoms with van der Waals surface area (Å²) in [4.78, 5) is 0. The second-order valence-corrected chi connectivity index (χ2v) is 4.01. The third-order valence-electron chi connectivity index (χ3n) is 3.59. The van der Waals surface area contributed by atoms with Crippen LogP contribution in [0.15, 0.2) is 0 Å². The van der Waals surface area contributed by atoms with Gasteiger partial charge in [0.25, 0.3) is 0 Å². The zero-order valence-corrected chi connectivity index (χ0v) is 5.64. The second-order valence-electron chi connectivity index (χ2n) is 4.01. The van der Waals surface area contributed by atoms with Gasteiger partial charge in [-0.15, -0.1) is 0 Å². The smallest absolute Gasteiger partial charge is 0.0101 e. The van der Waals surface area contributed by atoms with Gasteiger partial charge >= 0.3 is 0 Å². The molecule has 0 unspecified atom stereocenters. The summed E-state index contributed by atoms with van der Waals surface area (Å²) in [7, 11) is 0. The van der Waals surface area contributed by atoms with Crippen molar-refractivity contribution in [3.05, 3.63) is 0 Å². The van der Waals surface area contributed by atoms with Gasteiger partial charge in [-0.25, -0.2) is 0 Å². The number of rotatable bonds is 0. The van der Waals surface area contributed by atoms with Crippen LogP contribution in [0.5, 0.6) is 0 Å². The van der Waals surface area contributed by atoms with E-state index in [1.165, 1.54) is 13.0 Å². The molecule has 0 spiro atoms. The molecule has 50 valence electrons. The van der Waals surface area contributed by atoms with E-state index in [0.717, 1.165) is 23.8 Å². The van der Waals surface area contributed by atoms with Crippen LogP contribution in [-0.4, -0.2) is 12.6 Å².